The summed E-state index contributed by atoms with van der Waals surface area (Å²) in [6.45, 7) is 18.1. The van der Waals surface area contributed by atoms with Crippen LogP contribution in [0.5, 0.6) is 0 Å². The number of hydrogen-bond acceptors (Lipinski definition) is 1. The molecular weight excluding hydrogens is 278 g/mol. The predicted molar refractivity (Wildman–Crippen MR) is 102 cm³/mol. The zero-order chi connectivity index (χ0) is 16.8. The molecule has 0 saturated carbocycles. The molecule has 124 valence electrons. The van der Waals surface area contributed by atoms with Crippen LogP contribution >= 0.6 is 0 Å². The van der Waals surface area contributed by atoms with Crippen LogP contribution in [0.25, 0.3) is 5.57 Å². The third-order valence-corrected chi connectivity index (χ3v) is 5.59. The van der Waals surface area contributed by atoms with E-state index in [-0.39, 0.29) is 5.41 Å². The molecule has 1 aromatic carbocycles. The van der Waals surface area contributed by atoms with E-state index in [1.54, 1.807) is 16.8 Å². The van der Waals surface area contributed by atoms with E-state index in [0.29, 0.717) is 0 Å². The first-order chi connectivity index (χ1) is 10.8. The zero-order valence-corrected chi connectivity index (χ0v) is 15.6. The molecule has 0 N–H and O–H groups in total. The van der Waals surface area contributed by atoms with Crippen LogP contribution in [0.2, 0.25) is 0 Å². The Morgan fingerprint density at radius 3 is 2.48 bits per heavy atom. The molecule has 0 aromatic heterocycles. The number of allylic oxidation sites excluding steroid dienone is 3. The summed E-state index contributed by atoms with van der Waals surface area (Å²) in [6.07, 6.45) is 7.37. The van der Waals surface area contributed by atoms with Crippen LogP contribution in [-0.2, 0) is 12.8 Å². The molecule has 0 bridgehead atoms. The van der Waals surface area contributed by atoms with Crippen molar-refractivity contribution in [2.45, 2.75) is 60.3 Å². The van der Waals surface area contributed by atoms with Crippen molar-refractivity contribution in [1.29, 1.82) is 0 Å². The molecule has 2 heterocycles. The lowest BCUT2D eigenvalue weighted by molar-refractivity contribution is 0.519. The smallest absolute Gasteiger partial charge is 0.0434 e. The van der Waals surface area contributed by atoms with Crippen molar-refractivity contribution >= 4 is 11.3 Å². The molecule has 2 aliphatic heterocycles. The maximum absolute atomic E-state index is 4.29. The molecular formula is C22H31N. The van der Waals surface area contributed by atoms with Crippen molar-refractivity contribution in [3.8, 4) is 0 Å². The minimum atomic E-state index is 0.133. The summed E-state index contributed by atoms with van der Waals surface area (Å²) in [4.78, 5) is 2.63. The number of hydrogen-bond donors (Lipinski definition) is 0. The third kappa shape index (κ3) is 2.98. The van der Waals surface area contributed by atoms with Crippen LogP contribution in [0.4, 0.5) is 5.69 Å². The van der Waals surface area contributed by atoms with E-state index in [0.717, 1.165) is 0 Å². The molecule has 1 heteroatoms. The summed E-state index contributed by atoms with van der Waals surface area (Å²) >= 11 is 0. The molecule has 23 heavy (non-hydrogen) atoms. The van der Waals surface area contributed by atoms with E-state index in [1.807, 2.05) is 0 Å². The molecule has 0 atom stereocenters. The van der Waals surface area contributed by atoms with Gasteiger partial charge in [-0.3, -0.25) is 0 Å². The van der Waals surface area contributed by atoms with E-state index in [4.69, 9.17) is 0 Å². The van der Waals surface area contributed by atoms with Crippen LogP contribution in [0, 0.1) is 12.3 Å². The Kier molecular flexibility index (Phi) is 4.16. The second-order valence-corrected chi connectivity index (χ2v) is 8.33. The summed E-state index contributed by atoms with van der Waals surface area (Å²) in [7, 11) is 0. The molecule has 1 nitrogen and oxygen atoms in total. The Hall–Kier alpha value is -1.50. The van der Waals surface area contributed by atoms with Gasteiger partial charge >= 0.3 is 0 Å². The van der Waals surface area contributed by atoms with Gasteiger partial charge in [0.05, 0.1) is 0 Å². The quantitative estimate of drug-likeness (QED) is 0.633. The summed E-state index contributed by atoms with van der Waals surface area (Å²) in [6, 6.07) is 2.47. The standard InChI is InChI=1S/C22H31N/c1-15(13-16(2)22(4,5)6)20-14-18-9-7-11-23-12-8-10-19(17(20)3)21(18)23/h13-14H,2,7-12H2,1,3-6H3/b15-13-. The molecule has 0 fully saturated rings. The highest BCUT2D eigenvalue weighted by Crippen LogP contribution is 2.40. The van der Waals surface area contributed by atoms with Crippen molar-refractivity contribution in [2.75, 3.05) is 18.0 Å². The maximum atomic E-state index is 4.29. The van der Waals surface area contributed by atoms with Crippen molar-refractivity contribution < 1.29 is 0 Å². The second kappa shape index (κ2) is 5.85. The van der Waals surface area contributed by atoms with Gasteiger partial charge in [0, 0.05) is 18.8 Å². The molecule has 0 radical (unpaired) electrons. The number of aryl methyl sites for hydroxylation is 1. The van der Waals surface area contributed by atoms with Crippen LogP contribution in [0.15, 0.2) is 24.3 Å². The van der Waals surface area contributed by atoms with Gasteiger partial charge in [-0.05, 0) is 84.4 Å². The summed E-state index contributed by atoms with van der Waals surface area (Å²) in [5.74, 6) is 0. The van der Waals surface area contributed by atoms with Gasteiger partial charge < -0.3 is 4.90 Å². The minimum Gasteiger partial charge on any atom is -0.371 e. The van der Waals surface area contributed by atoms with E-state index < -0.39 is 0 Å². The lowest BCUT2D eigenvalue weighted by Crippen LogP contribution is -2.35. The van der Waals surface area contributed by atoms with Gasteiger partial charge in [0.25, 0.3) is 0 Å². The Bertz CT molecular complexity index is 668. The van der Waals surface area contributed by atoms with Crippen LogP contribution in [0.1, 0.15) is 62.8 Å². The highest BCUT2D eigenvalue weighted by Gasteiger charge is 2.26. The summed E-state index contributed by atoms with van der Waals surface area (Å²) in [5, 5.41) is 0. The van der Waals surface area contributed by atoms with Gasteiger partial charge in [-0.15, -0.1) is 0 Å². The third-order valence-electron chi connectivity index (χ3n) is 5.59. The first-order valence-electron chi connectivity index (χ1n) is 9.07. The number of anilines is 1. The average molecular weight is 309 g/mol. The maximum Gasteiger partial charge on any atom is 0.0434 e. The van der Waals surface area contributed by atoms with Gasteiger partial charge in [-0.1, -0.05) is 33.4 Å². The van der Waals surface area contributed by atoms with Crippen molar-refractivity contribution in [3.63, 3.8) is 0 Å². The second-order valence-electron chi connectivity index (χ2n) is 8.33. The first-order valence-corrected chi connectivity index (χ1v) is 9.07. The Balaban J connectivity index is 2.08. The fourth-order valence-electron chi connectivity index (χ4n) is 3.98. The first kappa shape index (κ1) is 16.4. The topological polar surface area (TPSA) is 3.24 Å². The van der Waals surface area contributed by atoms with E-state index >= 15 is 0 Å². The van der Waals surface area contributed by atoms with Crippen molar-refractivity contribution in [1.82, 2.24) is 0 Å². The number of nitrogens with zero attached hydrogens (tertiary/aromatic N) is 1. The van der Waals surface area contributed by atoms with Gasteiger partial charge in [-0.2, -0.15) is 0 Å². The fourth-order valence-corrected chi connectivity index (χ4v) is 3.98. The molecule has 3 rings (SSSR count). The highest BCUT2D eigenvalue weighted by atomic mass is 15.1. The molecule has 2 aliphatic rings. The Labute approximate surface area is 142 Å². The number of rotatable bonds is 2. The van der Waals surface area contributed by atoms with E-state index in [9.17, 15) is 0 Å². The van der Waals surface area contributed by atoms with Gasteiger partial charge in [0.1, 0.15) is 0 Å². The monoisotopic (exact) mass is 309 g/mol. The van der Waals surface area contributed by atoms with Crippen LogP contribution < -0.4 is 4.90 Å². The highest BCUT2D eigenvalue weighted by molar-refractivity contribution is 5.76. The van der Waals surface area contributed by atoms with Crippen LogP contribution in [-0.4, -0.2) is 13.1 Å². The van der Waals surface area contributed by atoms with E-state index in [2.05, 4.69) is 58.2 Å². The largest absolute Gasteiger partial charge is 0.371 e. The predicted octanol–water partition coefficient (Wildman–Crippen LogP) is 5.70. The van der Waals surface area contributed by atoms with Gasteiger partial charge in [-0.25, -0.2) is 0 Å². The summed E-state index contributed by atoms with van der Waals surface area (Å²) < 4.78 is 0. The Morgan fingerprint density at radius 1 is 1.17 bits per heavy atom. The molecule has 0 amide bonds. The average Bonchev–Trinajstić information content (AvgIpc) is 2.49. The molecule has 0 saturated heterocycles. The van der Waals surface area contributed by atoms with Crippen molar-refractivity contribution in [2.24, 2.45) is 5.41 Å². The lowest BCUT2D eigenvalue weighted by atomic mass is 9.82. The molecule has 0 unspecified atom stereocenters. The van der Waals surface area contributed by atoms with Crippen LogP contribution in [0.3, 0.4) is 0 Å². The van der Waals surface area contributed by atoms with E-state index in [1.165, 1.54) is 61.0 Å². The normalized spacial score (nSPS) is 18.0. The molecule has 0 spiro atoms. The minimum absolute atomic E-state index is 0.133. The molecule has 1 aromatic rings. The number of benzene rings is 1. The zero-order valence-electron chi connectivity index (χ0n) is 15.6. The molecule has 0 aliphatic carbocycles. The SMILES string of the molecule is C=C(/C=C(/C)c1cc2c3c(c1C)CCCN3CCC2)C(C)(C)C. The summed E-state index contributed by atoms with van der Waals surface area (Å²) in [5.41, 5.74) is 10.4. The fraction of sp³-hybridized carbons (Fsp3) is 0.545. The van der Waals surface area contributed by atoms with Gasteiger partial charge in [0.2, 0.25) is 0 Å². The van der Waals surface area contributed by atoms with Crippen molar-refractivity contribution in [3.05, 3.63) is 46.5 Å². The van der Waals surface area contributed by atoms with Gasteiger partial charge in [0.15, 0.2) is 0 Å². The lowest BCUT2D eigenvalue weighted by Gasteiger charge is -2.38. The Morgan fingerprint density at radius 2 is 1.83 bits per heavy atom.